The average molecular weight is 273 g/mol. The summed E-state index contributed by atoms with van der Waals surface area (Å²) in [6.45, 7) is 4.01. The summed E-state index contributed by atoms with van der Waals surface area (Å²) in [5.74, 6) is 0. The molecule has 3 nitrogen and oxygen atoms in total. The monoisotopic (exact) mass is 273 g/mol. The molecule has 0 heterocycles. The number of hydrogen-bond donors (Lipinski definition) is 1. The standard InChI is InChI=1S/C17H23NO2/c1-13-10-14(2)12-16(11-13)18(17(19)20)15-8-6-4-3-5-7-9-15/h6,8,10-12,15H,3-5,7,9H2,1-2H3,(H,19,20)/b8-6+. The summed E-state index contributed by atoms with van der Waals surface area (Å²) in [4.78, 5) is 13.2. The lowest BCUT2D eigenvalue weighted by Gasteiger charge is -2.28. The van der Waals surface area contributed by atoms with Crippen molar-refractivity contribution in [2.45, 2.75) is 52.0 Å². The molecular formula is C17H23NO2. The van der Waals surface area contributed by atoms with Gasteiger partial charge in [0.15, 0.2) is 0 Å². The lowest BCUT2D eigenvalue weighted by atomic mass is 10.0. The summed E-state index contributed by atoms with van der Waals surface area (Å²) in [7, 11) is 0. The van der Waals surface area contributed by atoms with E-state index < -0.39 is 6.09 Å². The molecule has 1 aliphatic rings. The largest absolute Gasteiger partial charge is 0.465 e. The van der Waals surface area contributed by atoms with Crippen molar-refractivity contribution in [2.24, 2.45) is 0 Å². The Balaban J connectivity index is 2.34. The van der Waals surface area contributed by atoms with Crippen molar-refractivity contribution in [1.29, 1.82) is 0 Å². The van der Waals surface area contributed by atoms with Crippen LogP contribution in [0.5, 0.6) is 0 Å². The van der Waals surface area contributed by atoms with E-state index in [-0.39, 0.29) is 6.04 Å². The van der Waals surface area contributed by atoms with Gasteiger partial charge >= 0.3 is 6.09 Å². The molecule has 1 amide bonds. The minimum atomic E-state index is -0.870. The lowest BCUT2D eigenvalue weighted by molar-refractivity contribution is 0.199. The van der Waals surface area contributed by atoms with Gasteiger partial charge in [-0.15, -0.1) is 0 Å². The van der Waals surface area contributed by atoms with Gasteiger partial charge in [-0.3, -0.25) is 4.90 Å². The maximum Gasteiger partial charge on any atom is 0.412 e. The minimum absolute atomic E-state index is 0.0472. The van der Waals surface area contributed by atoms with E-state index in [4.69, 9.17) is 0 Å². The van der Waals surface area contributed by atoms with Gasteiger partial charge in [0, 0.05) is 5.69 Å². The summed E-state index contributed by atoms with van der Waals surface area (Å²) in [5, 5.41) is 9.61. The van der Waals surface area contributed by atoms with Gasteiger partial charge in [0.25, 0.3) is 0 Å². The van der Waals surface area contributed by atoms with E-state index in [0.717, 1.165) is 36.1 Å². The molecule has 20 heavy (non-hydrogen) atoms. The van der Waals surface area contributed by atoms with Crippen molar-refractivity contribution in [2.75, 3.05) is 4.90 Å². The Hall–Kier alpha value is -1.77. The molecule has 1 N–H and O–H groups in total. The maximum absolute atomic E-state index is 11.7. The Bertz CT molecular complexity index is 487. The van der Waals surface area contributed by atoms with Crippen molar-refractivity contribution in [3.05, 3.63) is 41.5 Å². The zero-order valence-corrected chi connectivity index (χ0v) is 12.3. The Labute approximate surface area is 120 Å². The van der Waals surface area contributed by atoms with Crippen LogP contribution in [0.2, 0.25) is 0 Å². The number of amides is 1. The predicted molar refractivity (Wildman–Crippen MR) is 82.4 cm³/mol. The van der Waals surface area contributed by atoms with E-state index in [0.29, 0.717) is 0 Å². The second-order valence-corrected chi connectivity index (χ2v) is 5.63. The molecule has 1 aromatic carbocycles. The number of hydrogen-bond acceptors (Lipinski definition) is 1. The second kappa shape index (κ2) is 6.60. The number of allylic oxidation sites excluding steroid dienone is 1. The smallest absolute Gasteiger partial charge is 0.412 e. The van der Waals surface area contributed by atoms with Crippen LogP contribution >= 0.6 is 0 Å². The number of aryl methyl sites for hydroxylation is 2. The number of rotatable bonds is 2. The van der Waals surface area contributed by atoms with Crippen LogP contribution < -0.4 is 4.90 Å². The summed E-state index contributed by atoms with van der Waals surface area (Å²) in [5.41, 5.74) is 2.98. The van der Waals surface area contributed by atoms with E-state index in [2.05, 4.69) is 18.2 Å². The SMILES string of the molecule is Cc1cc(C)cc(N(C(=O)O)C2/C=C/CCCCC2)c1. The Morgan fingerprint density at radius 1 is 1.15 bits per heavy atom. The number of nitrogens with zero attached hydrogens (tertiary/aromatic N) is 1. The van der Waals surface area contributed by atoms with Crippen LogP contribution in [0.1, 0.15) is 43.2 Å². The van der Waals surface area contributed by atoms with Crippen molar-refractivity contribution in [3.63, 3.8) is 0 Å². The first-order valence-corrected chi connectivity index (χ1v) is 7.35. The van der Waals surface area contributed by atoms with Gasteiger partial charge in [-0.05, 0) is 56.4 Å². The fourth-order valence-corrected chi connectivity index (χ4v) is 2.89. The molecule has 1 aromatic rings. The second-order valence-electron chi connectivity index (χ2n) is 5.63. The highest BCUT2D eigenvalue weighted by Crippen LogP contribution is 2.25. The molecule has 3 heteroatoms. The Kier molecular flexibility index (Phi) is 4.83. The van der Waals surface area contributed by atoms with E-state index >= 15 is 0 Å². The first-order valence-electron chi connectivity index (χ1n) is 7.35. The highest BCUT2D eigenvalue weighted by atomic mass is 16.4. The summed E-state index contributed by atoms with van der Waals surface area (Å²) >= 11 is 0. The molecule has 2 rings (SSSR count). The number of anilines is 1. The summed E-state index contributed by atoms with van der Waals surface area (Å²) in [6, 6.07) is 5.92. The third kappa shape index (κ3) is 3.62. The first-order chi connectivity index (χ1) is 9.58. The van der Waals surface area contributed by atoms with Crippen molar-refractivity contribution in [1.82, 2.24) is 0 Å². The molecule has 0 bridgehead atoms. The first kappa shape index (κ1) is 14.6. The van der Waals surface area contributed by atoms with Gasteiger partial charge in [-0.2, -0.15) is 0 Å². The van der Waals surface area contributed by atoms with E-state index in [1.54, 1.807) is 0 Å². The Morgan fingerprint density at radius 2 is 1.85 bits per heavy atom. The molecule has 1 aliphatic carbocycles. The molecule has 1 atom stereocenters. The topological polar surface area (TPSA) is 40.5 Å². The third-order valence-corrected chi connectivity index (χ3v) is 3.75. The van der Waals surface area contributed by atoms with Crippen LogP contribution in [0.4, 0.5) is 10.5 Å². The highest BCUT2D eigenvalue weighted by molar-refractivity contribution is 5.87. The molecule has 0 fully saturated rings. The van der Waals surface area contributed by atoms with Gasteiger partial charge in [0.2, 0.25) is 0 Å². The molecule has 0 radical (unpaired) electrons. The third-order valence-electron chi connectivity index (χ3n) is 3.75. The van der Waals surface area contributed by atoms with E-state index in [1.165, 1.54) is 17.7 Å². The average Bonchev–Trinajstić information content (AvgIpc) is 2.30. The van der Waals surface area contributed by atoms with Gasteiger partial charge in [-0.25, -0.2) is 4.79 Å². The van der Waals surface area contributed by atoms with Gasteiger partial charge < -0.3 is 5.11 Å². The molecule has 0 spiro atoms. The molecule has 0 aromatic heterocycles. The van der Waals surface area contributed by atoms with Crippen molar-refractivity contribution < 1.29 is 9.90 Å². The van der Waals surface area contributed by atoms with Gasteiger partial charge in [0.1, 0.15) is 0 Å². The fraction of sp³-hybridized carbons (Fsp3) is 0.471. The number of carbonyl (C=O) groups is 1. The molecule has 1 unspecified atom stereocenters. The fourth-order valence-electron chi connectivity index (χ4n) is 2.89. The zero-order chi connectivity index (χ0) is 14.5. The quantitative estimate of drug-likeness (QED) is 0.795. The Morgan fingerprint density at radius 3 is 2.50 bits per heavy atom. The van der Waals surface area contributed by atoms with E-state index in [9.17, 15) is 9.90 Å². The zero-order valence-electron chi connectivity index (χ0n) is 12.3. The molecule has 108 valence electrons. The van der Waals surface area contributed by atoms with Crippen LogP contribution in [0.3, 0.4) is 0 Å². The lowest BCUT2D eigenvalue weighted by Crippen LogP contribution is -2.38. The molecular weight excluding hydrogens is 250 g/mol. The molecule has 0 saturated carbocycles. The van der Waals surface area contributed by atoms with E-state index in [1.807, 2.05) is 26.0 Å². The summed E-state index contributed by atoms with van der Waals surface area (Å²) in [6.07, 6.45) is 8.75. The van der Waals surface area contributed by atoms with Crippen molar-refractivity contribution >= 4 is 11.8 Å². The van der Waals surface area contributed by atoms with Crippen LogP contribution in [-0.4, -0.2) is 17.2 Å². The summed E-state index contributed by atoms with van der Waals surface area (Å²) < 4.78 is 0. The van der Waals surface area contributed by atoms with Gasteiger partial charge in [0.05, 0.1) is 6.04 Å². The highest BCUT2D eigenvalue weighted by Gasteiger charge is 2.23. The predicted octanol–water partition coefficient (Wildman–Crippen LogP) is 4.68. The molecule has 0 saturated heterocycles. The number of benzene rings is 1. The van der Waals surface area contributed by atoms with Crippen LogP contribution in [0, 0.1) is 13.8 Å². The van der Waals surface area contributed by atoms with Gasteiger partial charge in [-0.1, -0.05) is 31.1 Å². The van der Waals surface area contributed by atoms with Crippen molar-refractivity contribution in [3.8, 4) is 0 Å². The van der Waals surface area contributed by atoms with Crippen LogP contribution in [0.25, 0.3) is 0 Å². The molecule has 0 aliphatic heterocycles. The van der Waals surface area contributed by atoms with Crippen LogP contribution in [-0.2, 0) is 0 Å². The number of carboxylic acid groups (broad SMARTS) is 1. The maximum atomic E-state index is 11.7. The van der Waals surface area contributed by atoms with Crippen LogP contribution in [0.15, 0.2) is 30.4 Å². The minimum Gasteiger partial charge on any atom is -0.465 e. The normalized spacial score (nSPS) is 20.8.